The zero-order valence-corrected chi connectivity index (χ0v) is 16.2. The molecule has 1 N–H and O–H groups in total. The van der Waals surface area contributed by atoms with Gasteiger partial charge in [0.05, 0.1) is 5.92 Å². The van der Waals surface area contributed by atoms with Crippen molar-refractivity contribution >= 4 is 40.2 Å². The molecule has 1 aliphatic heterocycles. The van der Waals surface area contributed by atoms with E-state index in [9.17, 15) is 9.59 Å². The Hall–Kier alpha value is -1.35. The van der Waals surface area contributed by atoms with Crippen LogP contribution in [-0.2, 0) is 4.79 Å². The first-order valence-electron chi connectivity index (χ1n) is 8.18. The van der Waals surface area contributed by atoms with Crippen molar-refractivity contribution in [3.8, 4) is 0 Å². The molecule has 0 aliphatic carbocycles. The molecule has 3 amide bonds. The molecule has 1 aromatic heterocycles. The van der Waals surface area contributed by atoms with Gasteiger partial charge in [-0.1, -0.05) is 36.9 Å². The molecule has 24 heavy (non-hydrogen) atoms. The highest BCUT2D eigenvalue weighted by Gasteiger charge is 2.29. The topological polar surface area (TPSA) is 78.4 Å². The third kappa shape index (κ3) is 5.07. The maximum atomic E-state index is 12.5. The lowest BCUT2D eigenvalue weighted by molar-refractivity contribution is -0.121. The molecule has 0 spiro atoms. The number of thioether (sulfide) groups is 1. The number of likely N-dealkylation sites (tertiary alicyclic amines) is 1. The van der Waals surface area contributed by atoms with Crippen LogP contribution in [0.4, 0.5) is 9.93 Å². The molecule has 0 radical (unpaired) electrons. The SMILES string of the molecule is CC[C@@H](C)Sc1nnc(NC(=O)[C@@H]2CCCN(C(=O)N(C)C)C2)s1. The van der Waals surface area contributed by atoms with Gasteiger partial charge in [0, 0.05) is 32.4 Å². The molecule has 2 rings (SSSR count). The van der Waals surface area contributed by atoms with Crippen LogP contribution in [0.2, 0.25) is 0 Å². The van der Waals surface area contributed by atoms with Crippen LogP contribution in [-0.4, -0.2) is 64.4 Å². The number of urea groups is 1. The predicted molar refractivity (Wildman–Crippen MR) is 97.5 cm³/mol. The summed E-state index contributed by atoms with van der Waals surface area (Å²) in [6.45, 7) is 5.43. The minimum absolute atomic E-state index is 0.0457. The molecular formula is C15H25N5O2S2. The number of nitrogens with one attached hydrogen (secondary N) is 1. The fraction of sp³-hybridized carbons (Fsp3) is 0.733. The summed E-state index contributed by atoms with van der Waals surface area (Å²) in [5.74, 6) is -0.278. The van der Waals surface area contributed by atoms with E-state index in [1.54, 1.807) is 35.7 Å². The maximum absolute atomic E-state index is 12.5. The number of carbonyl (C=O) groups is 2. The zero-order chi connectivity index (χ0) is 17.7. The summed E-state index contributed by atoms with van der Waals surface area (Å²) in [7, 11) is 3.45. The Kier molecular flexibility index (Phi) is 6.85. The van der Waals surface area contributed by atoms with E-state index in [4.69, 9.17) is 0 Å². The van der Waals surface area contributed by atoms with Crippen molar-refractivity contribution < 1.29 is 9.59 Å². The van der Waals surface area contributed by atoms with Gasteiger partial charge in [-0.3, -0.25) is 4.79 Å². The molecule has 1 fully saturated rings. The highest BCUT2D eigenvalue weighted by molar-refractivity contribution is 8.01. The van der Waals surface area contributed by atoms with Crippen molar-refractivity contribution in [2.45, 2.75) is 42.7 Å². The van der Waals surface area contributed by atoms with Gasteiger partial charge in [0.2, 0.25) is 11.0 Å². The minimum Gasteiger partial charge on any atom is -0.331 e. The van der Waals surface area contributed by atoms with Crippen LogP contribution >= 0.6 is 23.1 Å². The van der Waals surface area contributed by atoms with Crippen molar-refractivity contribution in [3.05, 3.63) is 0 Å². The number of nitrogens with zero attached hydrogens (tertiary/aromatic N) is 4. The summed E-state index contributed by atoms with van der Waals surface area (Å²) in [6.07, 6.45) is 2.68. The van der Waals surface area contributed by atoms with Gasteiger partial charge in [-0.05, 0) is 19.3 Å². The van der Waals surface area contributed by atoms with Gasteiger partial charge < -0.3 is 15.1 Å². The summed E-state index contributed by atoms with van der Waals surface area (Å²) in [5.41, 5.74) is 0. The molecule has 2 atom stereocenters. The lowest BCUT2D eigenvalue weighted by Crippen LogP contribution is -2.47. The number of hydrogen-bond acceptors (Lipinski definition) is 6. The van der Waals surface area contributed by atoms with Crippen LogP contribution in [0.25, 0.3) is 0 Å². The van der Waals surface area contributed by atoms with Crippen molar-refractivity contribution in [2.24, 2.45) is 5.92 Å². The Labute approximate surface area is 151 Å². The fourth-order valence-corrected chi connectivity index (χ4v) is 4.42. The molecule has 134 valence electrons. The molecule has 1 saturated heterocycles. The van der Waals surface area contributed by atoms with E-state index in [0.29, 0.717) is 23.5 Å². The van der Waals surface area contributed by atoms with Crippen LogP contribution in [0.5, 0.6) is 0 Å². The van der Waals surface area contributed by atoms with Gasteiger partial charge in [-0.25, -0.2) is 4.79 Å². The third-order valence-corrected chi connectivity index (χ3v) is 6.15. The second-order valence-corrected chi connectivity index (χ2v) is 8.82. The Bertz CT molecular complexity index is 578. The first-order valence-corrected chi connectivity index (χ1v) is 9.87. The van der Waals surface area contributed by atoms with Gasteiger partial charge >= 0.3 is 6.03 Å². The number of piperidine rings is 1. The fourth-order valence-electron chi connectivity index (χ4n) is 2.42. The Morgan fingerprint density at radius 3 is 2.88 bits per heavy atom. The Morgan fingerprint density at radius 2 is 2.21 bits per heavy atom. The van der Waals surface area contributed by atoms with Crippen LogP contribution in [0.1, 0.15) is 33.1 Å². The highest BCUT2D eigenvalue weighted by atomic mass is 32.2. The molecule has 1 aromatic rings. The number of carbonyl (C=O) groups excluding carboxylic acids is 2. The van der Waals surface area contributed by atoms with Gasteiger partial charge in [0.15, 0.2) is 4.34 Å². The van der Waals surface area contributed by atoms with Gasteiger partial charge in [0.1, 0.15) is 0 Å². The standard InChI is InChI=1S/C15H25N5O2S2/c1-5-10(2)23-14-18-17-13(24-14)16-12(21)11-7-6-8-20(9-11)15(22)19(3)4/h10-11H,5-9H2,1-4H3,(H,16,17,21)/t10-,11-/m1/s1. The van der Waals surface area contributed by atoms with Crippen LogP contribution < -0.4 is 5.32 Å². The lowest BCUT2D eigenvalue weighted by atomic mass is 9.97. The first-order chi connectivity index (χ1) is 11.4. The van der Waals surface area contributed by atoms with Crippen molar-refractivity contribution in [1.82, 2.24) is 20.0 Å². The summed E-state index contributed by atoms with van der Waals surface area (Å²) >= 11 is 3.07. The zero-order valence-electron chi connectivity index (χ0n) is 14.6. The number of anilines is 1. The van der Waals surface area contributed by atoms with Gasteiger partial charge in [0.25, 0.3) is 0 Å². The van der Waals surface area contributed by atoms with Gasteiger partial charge in [-0.15, -0.1) is 10.2 Å². The van der Waals surface area contributed by atoms with Crippen molar-refractivity contribution in [3.63, 3.8) is 0 Å². The van der Waals surface area contributed by atoms with Crippen molar-refractivity contribution in [1.29, 1.82) is 0 Å². The highest BCUT2D eigenvalue weighted by Crippen LogP contribution is 2.30. The average molecular weight is 372 g/mol. The monoisotopic (exact) mass is 371 g/mol. The van der Waals surface area contributed by atoms with Gasteiger partial charge in [-0.2, -0.15) is 0 Å². The molecule has 0 bridgehead atoms. The second-order valence-electron chi connectivity index (χ2n) is 6.16. The summed E-state index contributed by atoms with van der Waals surface area (Å²) < 4.78 is 0.868. The summed E-state index contributed by atoms with van der Waals surface area (Å²) in [6, 6.07) is -0.0457. The predicted octanol–water partition coefficient (Wildman–Crippen LogP) is 2.76. The number of amides is 3. The van der Waals surface area contributed by atoms with Crippen LogP contribution in [0.15, 0.2) is 4.34 Å². The number of rotatable bonds is 5. The third-order valence-electron chi connectivity index (χ3n) is 3.96. The van der Waals surface area contributed by atoms with Crippen LogP contribution in [0, 0.1) is 5.92 Å². The molecular weight excluding hydrogens is 346 g/mol. The molecule has 0 aromatic carbocycles. The normalized spacial score (nSPS) is 19.0. The first kappa shape index (κ1) is 19.0. The molecule has 9 heteroatoms. The maximum Gasteiger partial charge on any atom is 0.319 e. The molecule has 0 unspecified atom stereocenters. The summed E-state index contributed by atoms with van der Waals surface area (Å²) in [4.78, 5) is 27.8. The van der Waals surface area contributed by atoms with E-state index in [1.807, 2.05) is 0 Å². The summed E-state index contributed by atoms with van der Waals surface area (Å²) in [5, 5.41) is 12.0. The van der Waals surface area contributed by atoms with E-state index in [1.165, 1.54) is 11.3 Å². The van der Waals surface area contributed by atoms with E-state index in [0.717, 1.165) is 23.6 Å². The number of hydrogen-bond donors (Lipinski definition) is 1. The molecule has 1 aliphatic rings. The van der Waals surface area contributed by atoms with E-state index >= 15 is 0 Å². The number of aromatic nitrogens is 2. The quantitative estimate of drug-likeness (QED) is 0.636. The van der Waals surface area contributed by atoms with E-state index < -0.39 is 0 Å². The lowest BCUT2D eigenvalue weighted by Gasteiger charge is -2.33. The molecule has 7 nitrogen and oxygen atoms in total. The van der Waals surface area contributed by atoms with Crippen LogP contribution in [0.3, 0.4) is 0 Å². The van der Waals surface area contributed by atoms with E-state index in [-0.39, 0.29) is 17.9 Å². The second kappa shape index (κ2) is 8.66. The molecule has 2 heterocycles. The molecule has 0 saturated carbocycles. The Morgan fingerprint density at radius 1 is 1.46 bits per heavy atom. The largest absolute Gasteiger partial charge is 0.331 e. The Balaban J connectivity index is 1.91. The van der Waals surface area contributed by atoms with E-state index in [2.05, 4.69) is 29.4 Å². The average Bonchev–Trinajstić information content (AvgIpc) is 3.00. The smallest absolute Gasteiger partial charge is 0.319 e. The van der Waals surface area contributed by atoms with Crippen molar-refractivity contribution in [2.75, 3.05) is 32.5 Å². The minimum atomic E-state index is -0.197.